The lowest BCUT2D eigenvalue weighted by atomic mass is 10.1. The van der Waals surface area contributed by atoms with Crippen LogP contribution in [0, 0.1) is 0 Å². The Labute approximate surface area is 116 Å². The normalized spacial score (nSPS) is 13.0. The number of fused-ring (bicyclic) bond motifs is 1. The van der Waals surface area contributed by atoms with Gasteiger partial charge in [-0.25, -0.2) is 4.98 Å². The number of unbranched alkanes of at least 4 members (excludes halogenated alkanes) is 1. The highest BCUT2D eigenvalue weighted by atomic mass is 15.1. The van der Waals surface area contributed by atoms with Gasteiger partial charge < -0.3 is 9.88 Å². The molecule has 1 aromatic carbocycles. The first-order chi connectivity index (χ1) is 9.26. The van der Waals surface area contributed by atoms with E-state index in [4.69, 9.17) is 4.98 Å². The molecule has 1 unspecified atom stereocenters. The number of aromatic nitrogens is 2. The monoisotopic (exact) mass is 259 g/mol. The molecule has 2 aromatic rings. The summed E-state index contributed by atoms with van der Waals surface area (Å²) in [5.74, 6) is 1.21. The second-order valence-electron chi connectivity index (χ2n) is 5.21. The fraction of sp³-hybridized carbons (Fsp3) is 0.562. The lowest BCUT2D eigenvalue weighted by Crippen LogP contribution is -2.20. The molecule has 3 nitrogen and oxygen atoms in total. The first-order valence-electron chi connectivity index (χ1n) is 7.37. The van der Waals surface area contributed by atoms with E-state index in [9.17, 15) is 0 Å². The van der Waals surface area contributed by atoms with Gasteiger partial charge in [-0.2, -0.15) is 0 Å². The van der Waals surface area contributed by atoms with E-state index in [0.717, 1.165) is 18.5 Å². The van der Waals surface area contributed by atoms with Crippen molar-refractivity contribution < 1.29 is 0 Å². The number of aryl methyl sites for hydroxylation is 2. The smallest absolute Gasteiger partial charge is 0.109 e. The molecule has 0 radical (unpaired) electrons. The van der Waals surface area contributed by atoms with Crippen LogP contribution in [0.1, 0.15) is 38.9 Å². The van der Waals surface area contributed by atoms with E-state index in [1.165, 1.54) is 30.6 Å². The zero-order chi connectivity index (χ0) is 13.7. The van der Waals surface area contributed by atoms with Crippen LogP contribution >= 0.6 is 0 Å². The number of nitrogens with one attached hydrogen (secondary N) is 1. The number of imidazole rings is 1. The summed E-state index contributed by atoms with van der Waals surface area (Å²) in [6.07, 6.45) is 4.73. The van der Waals surface area contributed by atoms with E-state index in [0.29, 0.717) is 6.04 Å². The summed E-state index contributed by atoms with van der Waals surface area (Å²) in [7, 11) is 2.03. The highest BCUT2D eigenvalue weighted by Gasteiger charge is 2.08. The summed E-state index contributed by atoms with van der Waals surface area (Å²) in [5.41, 5.74) is 2.41. The second kappa shape index (κ2) is 6.71. The van der Waals surface area contributed by atoms with Crippen molar-refractivity contribution in [1.29, 1.82) is 0 Å². The molecule has 2 rings (SSSR count). The Kier molecular flexibility index (Phi) is 4.97. The van der Waals surface area contributed by atoms with E-state index in [1.54, 1.807) is 0 Å². The molecule has 1 atom stereocenters. The van der Waals surface area contributed by atoms with Crippen molar-refractivity contribution >= 4 is 11.0 Å². The van der Waals surface area contributed by atoms with Gasteiger partial charge in [0, 0.05) is 19.0 Å². The maximum Gasteiger partial charge on any atom is 0.109 e. The lowest BCUT2D eigenvalue weighted by molar-refractivity contribution is 0.504. The SMILES string of the molecule is CCc1nc2ccccc2n1CCCCC(C)NC. The molecule has 0 bridgehead atoms. The Balaban J connectivity index is 2.03. The summed E-state index contributed by atoms with van der Waals surface area (Å²) in [6.45, 7) is 5.50. The number of rotatable bonds is 7. The Morgan fingerprint density at radius 2 is 2.05 bits per heavy atom. The fourth-order valence-corrected chi connectivity index (χ4v) is 2.51. The molecule has 3 heteroatoms. The van der Waals surface area contributed by atoms with E-state index >= 15 is 0 Å². The van der Waals surface area contributed by atoms with Crippen molar-refractivity contribution in [2.24, 2.45) is 0 Å². The van der Waals surface area contributed by atoms with Gasteiger partial charge in [0.2, 0.25) is 0 Å². The number of hydrogen-bond donors (Lipinski definition) is 1. The molecule has 0 spiro atoms. The van der Waals surface area contributed by atoms with Crippen LogP contribution in [0.15, 0.2) is 24.3 Å². The first kappa shape index (κ1) is 14.1. The third-order valence-corrected chi connectivity index (χ3v) is 3.81. The molecule has 104 valence electrons. The molecule has 0 amide bonds. The van der Waals surface area contributed by atoms with Crippen LogP contribution in [0.5, 0.6) is 0 Å². The average Bonchev–Trinajstić information content (AvgIpc) is 2.81. The third kappa shape index (κ3) is 3.35. The molecule has 1 aromatic heterocycles. The van der Waals surface area contributed by atoms with Crippen LogP contribution in [-0.4, -0.2) is 22.6 Å². The molecule has 1 heterocycles. The van der Waals surface area contributed by atoms with E-state index in [1.807, 2.05) is 7.05 Å². The number of para-hydroxylation sites is 2. The standard InChI is InChI=1S/C16H25N3/c1-4-16-18-14-10-5-6-11-15(14)19(16)12-8-7-9-13(2)17-3/h5-6,10-11,13,17H,4,7-9,12H2,1-3H3. The molecule has 0 aliphatic heterocycles. The van der Waals surface area contributed by atoms with Crippen molar-refractivity contribution in [3.8, 4) is 0 Å². The van der Waals surface area contributed by atoms with Crippen molar-refractivity contribution in [2.75, 3.05) is 7.05 Å². The Morgan fingerprint density at radius 3 is 2.79 bits per heavy atom. The maximum absolute atomic E-state index is 4.71. The zero-order valence-corrected chi connectivity index (χ0v) is 12.3. The van der Waals surface area contributed by atoms with Crippen LogP contribution < -0.4 is 5.32 Å². The molecular formula is C16H25N3. The van der Waals surface area contributed by atoms with Gasteiger partial charge in [-0.1, -0.05) is 25.5 Å². The fourth-order valence-electron chi connectivity index (χ4n) is 2.51. The van der Waals surface area contributed by atoms with Gasteiger partial charge >= 0.3 is 0 Å². The minimum atomic E-state index is 0.616. The van der Waals surface area contributed by atoms with Gasteiger partial charge in [-0.3, -0.25) is 0 Å². The van der Waals surface area contributed by atoms with Crippen molar-refractivity contribution in [3.63, 3.8) is 0 Å². The van der Waals surface area contributed by atoms with Crippen molar-refractivity contribution in [3.05, 3.63) is 30.1 Å². The van der Waals surface area contributed by atoms with Crippen LogP contribution in [0.4, 0.5) is 0 Å². The van der Waals surface area contributed by atoms with Crippen LogP contribution in [0.25, 0.3) is 11.0 Å². The van der Waals surface area contributed by atoms with E-state index in [-0.39, 0.29) is 0 Å². The summed E-state index contributed by atoms with van der Waals surface area (Å²) < 4.78 is 2.39. The average molecular weight is 259 g/mol. The summed E-state index contributed by atoms with van der Waals surface area (Å²) >= 11 is 0. The molecule has 0 saturated heterocycles. The van der Waals surface area contributed by atoms with Gasteiger partial charge in [-0.15, -0.1) is 0 Å². The van der Waals surface area contributed by atoms with Gasteiger partial charge in [-0.05, 0) is 38.9 Å². The second-order valence-corrected chi connectivity index (χ2v) is 5.21. The van der Waals surface area contributed by atoms with Crippen molar-refractivity contribution in [1.82, 2.24) is 14.9 Å². The molecule has 0 saturated carbocycles. The van der Waals surface area contributed by atoms with E-state index < -0.39 is 0 Å². The van der Waals surface area contributed by atoms with Crippen LogP contribution in [0.2, 0.25) is 0 Å². The largest absolute Gasteiger partial charge is 0.328 e. The molecule has 19 heavy (non-hydrogen) atoms. The number of hydrogen-bond acceptors (Lipinski definition) is 2. The lowest BCUT2D eigenvalue weighted by Gasteiger charge is -2.11. The van der Waals surface area contributed by atoms with Crippen LogP contribution in [-0.2, 0) is 13.0 Å². The van der Waals surface area contributed by atoms with Crippen LogP contribution in [0.3, 0.4) is 0 Å². The molecule has 1 N–H and O–H groups in total. The number of nitrogens with zero attached hydrogens (tertiary/aromatic N) is 2. The van der Waals surface area contributed by atoms with Gasteiger partial charge in [0.15, 0.2) is 0 Å². The molecule has 0 aliphatic rings. The highest BCUT2D eigenvalue weighted by molar-refractivity contribution is 5.75. The van der Waals surface area contributed by atoms with Crippen molar-refractivity contribution in [2.45, 2.75) is 52.1 Å². The number of benzene rings is 1. The van der Waals surface area contributed by atoms with Gasteiger partial charge in [0.1, 0.15) is 5.82 Å². The third-order valence-electron chi connectivity index (χ3n) is 3.81. The maximum atomic E-state index is 4.71. The Hall–Kier alpha value is -1.35. The predicted molar refractivity (Wildman–Crippen MR) is 81.5 cm³/mol. The minimum Gasteiger partial charge on any atom is -0.328 e. The first-order valence-corrected chi connectivity index (χ1v) is 7.37. The highest BCUT2D eigenvalue weighted by Crippen LogP contribution is 2.17. The molecule has 0 aliphatic carbocycles. The summed E-state index contributed by atoms with van der Waals surface area (Å²) in [6, 6.07) is 9.06. The molecule has 0 fully saturated rings. The van der Waals surface area contributed by atoms with Gasteiger partial charge in [0.05, 0.1) is 11.0 Å². The summed E-state index contributed by atoms with van der Waals surface area (Å²) in [4.78, 5) is 4.71. The molecular weight excluding hydrogens is 234 g/mol. The Bertz CT molecular complexity index is 516. The minimum absolute atomic E-state index is 0.616. The quantitative estimate of drug-likeness (QED) is 0.773. The summed E-state index contributed by atoms with van der Waals surface area (Å²) in [5, 5.41) is 3.29. The Morgan fingerprint density at radius 1 is 1.26 bits per heavy atom. The zero-order valence-electron chi connectivity index (χ0n) is 12.3. The topological polar surface area (TPSA) is 29.9 Å². The van der Waals surface area contributed by atoms with E-state index in [2.05, 4.69) is 48.0 Å². The predicted octanol–water partition coefficient (Wildman–Crippen LogP) is 3.38. The van der Waals surface area contributed by atoms with Gasteiger partial charge in [0.25, 0.3) is 0 Å².